The largest absolute Gasteiger partial charge is 0.336 e. The lowest BCUT2D eigenvalue weighted by molar-refractivity contribution is 0.413. The van der Waals surface area contributed by atoms with Crippen LogP contribution in [0.5, 0.6) is 0 Å². The second-order valence-corrected chi connectivity index (χ2v) is 8.40. The highest BCUT2D eigenvalue weighted by molar-refractivity contribution is 5.32. The van der Waals surface area contributed by atoms with Crippen LogP contribution >= 0.6 is 0 Å². The number of aliphatic imine (C=N–C) groups is 2. The van der Waals surface area contributed by atoms with Crippen LogP contribution in [0.15, 0.2) is 24.4 Å². The molecule has 0 bridgehead atoms. The standard InChI is InChI=1S/C24H36N6O5/c25-14-8-2-1-5-11-17-28-22(33)29(18-12-6-3-9-15-26-20-31)24(35)30(23(28)34)19-13-7-4-10-16-27-21-32/h1-13,15-19H2. The lowest BCUT2D eigenvalue weighted by atomic mass is 10.1. The quantitative estimate of drug-likeness (QED) is 0.156. The molecule has 0 fully saturated rings. The van der Waals surface area contributed by atoms with Crippen LogP contribution in [0.25, 0.3) is 0 Å². The van der Waals surface area contributed by atoms with Crippen molar-refractivity contribution in [2.45, 2.75) is 103 Å². The Labute approximate surface area is 204 Å². The van der Waals surface area contributed by atoms with E-state index in [2.05, 4.69) is 16.1 Å². The van der Waals surface area contributed by atoms with Gasteiger partial charge in [0.1, 0.15) is 0 Å². The van der Waals surface area contributed by atoms with E-state index in [1.165, 1.54) is 12.2 Å². The van der Waals surface area contributed by atoms with Gasteiger partial charge >= 0.3 is 17.1 Å². The number of aromatic nitrogens is 3. The fourth-order valence-corrected chi connectivity index (χ4v) is 3.80. The second-order valence-electron chi connectivity index (χ2n) is 8.40. The smallest absolute Gasteiger partial charge is 0.247 e. The van der Waals surface area contributed by atoms with Crippen LogP contribution in [-0.2, 0) is 29.2 Å². The third kappa shape index (κ3) is 11.6. The van der Waals surface area contributed by atoms with E-state index in [-0.39, 0.29) is 19.6 Å². The minimum atomic E-state index is -0.582. The molecule has 1 aromatic heterocycles. The molecule has 0 aliphatic carbocycles. The molecule has 0 radical (unpaired) electrons. The van der Waals surface area contributed by atoms with Crippen molar-refractivity contribution in [3.8, 4) is 6.07 Å². The monoisotopic (exact) mass is 488 g/mol. The summed E-state index contributed by atoms with van der Waals surface area (Å²) in [6, 6.07) is 2.10. The molecule has 1 heterocycles. The van der Waals surface area contributed by atoms with Crippen molar-refractivity contribution in [2.24, 2.45) is 9.98 Å². The van der Waals surface area contributed by atoms with Crippen molar-refractivity contribution in [3.05, 3.63) is 31.5 Å². The van der Waals surface area contributed by atoms with Crippen molar-refractivity contribution < 1.29 is 9.59 Å². The van der Waals surface area contributed by atoms with Crippen LogP contribution in [0.2, 0.25) is 0 Å². The zero-order valence-corrected chi connectivity index (χ0v) is 20.5. The highest BCUT2D eigenvalue weighted by atomic mass is 16.2. The number of isocyanates is 2. The topological polar surface area (TPSA) is 149 Å². The van der Waals surface area contributed by atoms with E-state index in [4.69, 9.17) is 5.26 Å². The number of nitriles is 1. The van der Waals surface area contributed by atoms with Gasteiger partial charge in [-0.2, -0.15) is 5.26 Å². The zero-order chi connectivity index (χ0) is 25.7. The number of hydrogen-bond donors (Lipinski definition) is 0. The van der Waals surface area contributed by atoms with Crippen molar-refractivity contribution in [3.63, 3.8) is 0 Å². The summed E-state index contributed by atoms with van der Waals surface area (Å²) < 4.78 is 3.46. The summed E-state index contributed by atoms with van der Waals surface area (Å²) in [6.45, 7) is 1.51. The van der Waals surface area contributed by atoms with Crippen molar-refractivity contribution >= 4 is 12.2 Å². The molecule has 1 aromatic rings. The first-order valence-corrected chi connectivity index (χ1v) is 12.5. The maximum atomic E-state index is 13.0. The SMILES string of the molecule is N#CCCCCCCn1c(=O)n(CCCCCCN=C=O)c(=O)n(CCCCCCN=C=O)c1=O. The summed E-state index contributed by atoms with van der Waals surface area (Å²) in [7, 11) is 0. The van der Waals surface area contributed by atoms with Gasteiger partial charge in [-0.25, -0.2) is 47.7 Å². The maximum absolute atomic E-state index is 13.0. The predicted molar refractivity (Wildman–Crippen MR) is 131 cm³/mol. The highest BCUT2D eigenvalue weighted by Gasteiger charge is 2.15. The van der Waals surface area contributed by atoms with Crippen LogP contribution in [-0.4, -0.2) is 39.0 Å². The number of hydrogen-bond acceptors (Lipinski definition) is 8. The molecule has 0 aromatic carbocycles. The van der Waals surface area contributed by atoms with Gasteiger partial charge in [0.05, 0.1) is 19.2 Å². The lowest BCUT2D eigenvalue weighted by Gasteiger charge is -2.14. The van der Waals surface area contributed by atoms with Gasteiger partial charge < -0.3 is 0 Å². The van der Waals surface area contributed by atoms with E-state index < -0.39 is 17.1 Å². The fraction of sp³-hybridized carbons (Fsp3) is 0.750. The summed E-state index contributed by atoms with van der Waals surface area (Å²) in [4.78, 5) is 66.2. The van der Waals surface area contributed by atoms with E-state index in [0.29, 0.717) is 38.8 Å². The molecule has 11 nitrogen and oxygen atoms in total. The van der Waals surface area contributed by atoms with E-state index in [1.807, 2.05) is 0 Å². The van der Waals surface area contributed by atoms with E-state index in [9.17, 15) is 24.0 Å². The molecule has 0 aliphatic rings. The minimum Gasteiger partial charge on any atom is -0.247 e. The fourth-order valence-electron chi connectivity index (χ4n) is 3.80. The molecule has 35 heavy (non-hydrogen) atoms. The Hall–Kier alpha value is -3.34. The number of carbonyl (C=O) groups excluding carboxylic acids is 2. The molecule has 0 spiro atoms. The summed E-state index contributed by atoms with van der Waals surface area (Å²) in [5.41, 5.74) is -1.74. The first-order valence-electron chi connectivity index (χ1n) is 12.5. The van der Waals surface area contributed by atoms with Gasteiger partial charge in [-0.1, -0.05) is 38.5 Å². The summed E-state index contributed by atoms with van der Waals surface area (Å²) in [5.74, 6) is 0. The van der Waals surface area contributed by atoms with Gasteiger partial charge in [-0.3, -0.25) is 0 Å². The highest BCUT2D eigenvalue weighted by Crippen LogP contribution is 2.04. The molecular formula is C24H36N6O5. The Kier molecular flexibility index (Phi) is 16.1. The summed E-state index contributed by atoms with van der Waals surface area (Å²) in [5, 5.41) is 8.63. The molecular weight excluding hydrogens is 452 g/mol. The normalized spacial score (nSPS) is 10.4. The third-order valence-corrected chi connectivity index (χ3v) is 5.74. The Morgan fingerprint density at radius 3 is 1.23 bits per heavy atom. The number of unbranched alkanes of at least 4 members (excludes halogenated alkanes) is 10. The first-order chi connectivity index (χ1) is 17.1. The van der Waals surface area contributed by atoms with Crippen molar-refractivity contribution in [1.29, 1.82) is 5.26 Å². The molecule has 0 amide bonds. The van der Waals surface area contributed by atoms with Crippen LogP contribution in [0, 0.1) is 11.3 Å². The lowest BCUT2D eigenvalue weighted by Crippen LogP contribution is -2.54. The predicted octanol–water partition coefficient (Wildman–Crippen LogP) is 2.44. The zero-order valence-electron chi connectivity index (χ0n) is 20.5. The molecule has 0 saturated heterocycles. The Balaban J connectivity index is 2.90. The Morgan fingerprint density at radius 1 is 0.543 bits per heavy atom. The van der Waals surface area contributed by atoms with E-state index >= 15 is 0 Å². The molecule has 0 atom stereocenters. The van der Waals surface area contributed by atoms with Crippen LogP contribution < -0.4 is 17.1 Å². The average molecular weight is 489 g/mol. The summed E-state index contributed by atoms with van der Waals surface area (Å²) >= 11 is 0. The van der Waals surface area contributed by atoms with E-state index in [1.54, 1.807) is 0 Å². The van der Waals surface area contributed by atoms with Crippen LogP contribution in [0.1, 0.15) is 83.5 Å². The molecule has 0 aliphatic heterocycles. The molecule has 0 N–H and O–H groups in total. The van der Waals surface area contributed by atoms with Crippen LogP contribution in [0.4, 0.5) is 0 Å². The van der Waals surface area contributed by atoms with E-state index in [0.717, 1.165) is 71.5 Å². The Bertz CT molecular complexity index is 1000. The molecule has 0 saturated carbocycles. The number of nitrogens with zero attached hydrogens (tertiary/aromatic N) is 6. The van der Waals surface area contributed by atoms with Crippen LogP contribution in [0.3, 0.4) is 0 Å². The van der Waals surface area contributed by atoms with Gasteiger partial charge in [-0.05, 0) is 38.5 Å². The molecule has 192 valence electrons. The summed E-state index contributed by atoms with van der Waals surface area (Å²) in [6.07, 6.45) is 12.3. The van der Waals surface area contributed by atoms with Crippen molar-refractivity contribution in [1.82, 2.24) is 13.7 Å². The van der Waals surface area contributed by atoms with Gasteiger partial charge in [0, 0.05) is 26.1 Å². The maximum Gasteiger partial charge on any atom is 0.336 e. The second kappa shape index (κ2) is 19.0. The van der Waals surface area contributed by atoms with Crippen molar-refractivity contribution in [2.75, 3.05) is 13.1 Å². The van der Waals surface area contributed by atoms with Gasteiger partial charge in [0.15, 0.2) is 0 Å². The molecule has 11 heteroatoms. The average Bonchev–Trinajstić information content (AvgIpc) is 2.85. The Morgan fingerprint density at radius 2 is 0.886 bits per heavy atom. The molecule has 1 rings (SSSR count). The van der Waals surface area contributed by atoms with Gasteiger partial charge in [-0.15, -0.1) is 0 Å². The minimum absolute atomic E-state index is 0.223. The van der Waals surface area contributed by atoms with Gasteiger partial charge in [0.25, 0.3) is 0 Å². The number of rotatable bonds is 20. The first kappa shape index (κ1) is 29.7. The molecule has 0 unspecified atom stereocenters. The van der Waals surface area contributed by atoms with Gasteiger partial charge in [0.2, 0.25) is 12.2 Å². The third-order valence-electron chi connectivity index (χ3n) is 5.74.